The van der Waals surface area contributed by atoms with Gasteiger partial charge in [0.1, 0.15) is 0 Å². The van der Waals surface area contributed by atoms with Gasteiger partial charge in [-0.25, -0.2) is 8.42 Å². The van der Waals surface area contributed by atoms with E-state index in [9.17, 15) is 8.42 Å². The van der Waals surface area contributed by atoms with Crippen molar-refractivity contribution in [3.63, 3.8) is 0 Å². The molecule has 2 atom stereocenters. The van der Waals surface area contributed by atoms with Crippen LogP contribution in [0.1, 0.15) is 0 Å². The van der Waals surface area contributed by atoms with E-state index in [4.69, 9.17) is 9.47 Å². The molecule has 0 bridgehead atoms. The first kappa shape index (κ1) is 8.96. The topological polar surface area (TPSA) is 52.6 Å². The standard InChI is InChI=1S/C6H12O4S/c1-9-5-3-11(7,8)4-6(5)10-2/h5-6H,3-4H2,1-2H3/t5-,6-/m1/s1. The van der Waals surface area contributed by atoms with Crippen LogP contribution < -0.4 is 0 Å². The average molecular weight is 180 g/mol. The maximum atomic E-state index is 11.0. The molecule has 11 heavy (non-hydrogen) atoms. The normalized spacial score (nSPS) is 35.8. The zero-order chi connectivity index (χ0) is 8.48. The second-order valence-electron chi connectivity index (χ2n) is 2.63. The minimum absolute atomic E-state index is 0.0853. The van der Waals surface area contributed by atoms with Gasteiger partial charge in [-0.2, -0.15) is 0 Å². The number of rotatable bonds is 2. The Morgan fingerprint density at radius 2 is 1.45 bits per heavy atom. The van der Waals surface area contributed by atoms with Crippen LogP contribution in [0.4, 0.5) is 0 Å². The molecule has 5 heteroatoms. The van der Waals surface area contributed by atoms with Crippen molar-refractivity contribution in [2.75, 3.05) is 25.7 Å². The average Bonchev–Trinajstić information content (AvgIpc) is 2.25. The molecule has 4 nitrogen and oxygen atoms in total. The molecule has 0 N–H and O–H groups in total. The van der Waals surface area contributed by atoms with E-state index in [1.54, 1.807) is 0 Å². The first-order chi connectivity index (χ1) is 5.09. The summed E-state index contributed by atoms with van der Waals surface area (Å²) in [5.41, 5.74) is 0. The molecule has 0 aromatic rings. The molecule has 1 rings (SSSR count). The highest BCUT2D eigenvalue weighted by Gasteiger charge is 2.37. The van der Waals surface area contributed by atoms with Crippen LogP contribution in [-0.4, -0.2) is 46.4 Å². The van der Waals surface area contributed by atoms with Crippen molar-refractivity contribution in [3.05, 3.63) is 0 Å². The molecule has 1 heterocycles. The highest BCUT2D eigenvalue weighted by atomic mass is 32.2. The fraction of sp³-hybridized carbons (Fsp3) is 1.00. The van der Waals surface area contributed by atoms with E-state index in [0.29, 0.717) is 0 Å². The van der Waals surface area contributed by atoms with Gasteiger partial charge in [0.05, 0.1) is 23.7 Å². The molecule has 0 spiro atoms. The Morgan fingerprint density at radius 3 is 1.73 bits per heavy atom. The van der Waals surface area contributed by atoms with Crippen molar-refractivity contribution < 1.29 is 17.9 Å². The summed E-state index contributed by atoms with van der Waals surface area (Å²) in [4.78, 5) is 0. The summed E-state index contributed by atoms with van der Waals surface area (Å²) in [5, 5.41) is 0. The zero-order valence-corrected chi connectivity index (χ0v) is 7.43. The fourth-order valence-corrected chi connectivity index (χ4v) is 3.06. The lowest BCUT2D eigenvalue weighted by molar-refractivity contribution is -0.00461. The number of sulfone groups is 1. The molecule has 1 aliphatic heterocycles. The SMILES string of the molecule is CO[C@@H]1CS(=O)(=O)C[C@H]1OC. The Bertz CT molecular complexity index is 203. The molecule has 1 fully saturated rings. The van der Waals surface area contributed by atoms with Gasteiger partial charge in [0.2, 0.25) is 0 Å². The highest BCUT2D eigenvalue weighted by Crippen LogP contribution is 2.17. The number of hydrogen-bond donors (Lipinski definition) is 0. The van der Waals surface area contributed by atoms with Crippen molar-refractivity contribution in [1.82, 2.24) is 0 Å². The summed E-state index contributed by atoms with van der Waals surface area (Å²) >= 11 is 0. The van der Waals surface area contributed by atoms with Gasteiger partial charge in [0, 0.05) is 14.2 Å². The summed E-state index contributed by atoms with van der Waals surface area (Å²) in [6, 6.07) is 0. The molecule has 0 saturated carbocycles. The van der Waals surface area contributed by atoms with Gasteiger partial charge in [-0.15, -0.1) is 0 Å². The summed E-state index contributed by atoms with van der Waals surface area (Å²) in [7, 11) is 0.0762. The number of ether oxygens (including phenoxy) is 2. The highest BCUT2D eigenvalue weighted by molar-refractivity contribution is 7.91. The third-order valence-electron chi connectivity index (χ3n) is 1.86. The van der Waals surface area contributed by atoms with Crippen molar-refractivity contribution >= 4 is 9.84 Å². The predicted octanol–water partition coefficient (Wildman–Crippen LogP) is -0.555. The molecule has 1 saturated heterocycles. The van der Waals surface area contributed by atoms with Gasteiger partial charge in [-0.1, -0.05) is 0 Å². The second-order valence-corrected chi connectivity index (χ2v) is 4.78. The number of methoxy groups -OCH3 is 2. The molecule has 0 aromatic carbocycles. The van der Waals surface area contributed by atoms with Crippen LogP contribution in [0.15, 0.2) is 0 Å². The first-order valence-corrected chi connectivity index (χ1v) is 5.17. The van der Waals surface area contributed by atoms with E-state index >= 15 is 0 Å². The third-order valence-corrected chi connectivity index (χ3v) is 3.53. The van der Waals surface area contributed by atoms with E-state index in [1.807, 2.05) is 0 Å². The Balaban J connectivity index is 2.70. The van der Waals surface area contributed by atoms with Crippen LogP contribution in [0, 0.1) is 0 Å². The summed E-state index contributed by atoms with van der Waals surface area (Å²) in [6.45, 7) is 0. The molecule has 0 amide bonds. The number of hydrogen-bond acceptors (Lipinski definition) is 4. The lowest BCUT2D eigenvalue weighted by atomic mass is 10.3. The largest absolute Gasteiger partial charge is 0.378 e. The molecule has 66 valence electrons. The molecule has 0 unspecified atom stereocenters. The summed E-state index contributed by atoms with van der Waals surface area (Å²) < 4.78 is 31.9. The van der Waals surface area contributed by atoms with Crippen LogP contribution in [0.3, 0.4) is 0 Å². The zero-order valence-electron chi connectivity index (χ0n) is 6.61. The Hall–Kier alpha value is -0.130. The lowest BCUT2D eigenvalue weighted by Crippen LogP contribution is -2.27. The monoisotopic (exact) mass is 180 g/mol. The predicted molar refractivity (Wildman–Crippen MR) is 40.2 cm³/mol. The Labute approximate surface area is 66.4 Å². The van der Waals surface area contributed by atoms with Gasteiger partial charge >= 0.3 is 0 Å². The van der Waals surface area contributed by atoms with Gasteiger partial charge < -0.3 is 9.47 Å². The molecular formula is C6H12O4S. The molecular weight excluding hydrogens is 168 g/mol. The van der Waals surface area contributed by atoms with Crippen molar-refractivity contribution in [3.8, 4) is 0 Å². The third kappa shape index (κ3) is 1.91. The van der Waals surface area contributed by atoms with E-state index in [-0.39, 0.29) is 23.7 Å². The van der Waals surface area contributed by atoms with Crippen molar-refractivity contribution in [2.45, 2.75) is 12.2 Å². The summed E-state index contributed by atoms with van der Waals surface area (Å²) in [5.74, 6) is 0.171. The maximum absolute atomic E-state index is 11.0. The van der Waals surface area contributed by atoms with Gasteiger partial charge in [0.15, 0.2) is 9.84 Å². The fourth-order valence-electron chi connectivity index (χ4n) is 1.22. The molecule has 0 aliphatic carbocycles. The minimum Gasteiger partial charge on any atom is -0.378 e. The quantitative estimate of drug-likeness (QED) is 0.572. The van der Waals surface area contributed by atoms with Crippen LogP contribution >= 0.6 is 0 Å². The molecule has 0 radical (unpaired) electrons. The second kappa shape index (κ2) is 3.08. The van der Waals surface area contributed by atoms with Crippen LogP contribution in [0.5, 0.6) is 0 Å². The van der Waals surface area contributed by atoms with Gasteiger partial charge in [0.25, 0.3) is 0 Å². The van der Waals surface area contributed by atoms with Crippen molar-refractivity contribution in [1.29, 1.82) is 0 Å². The van der Waals surface area contributed by atoms with Gasteiger partial charge in [-0.3, -0.25) is 0 Å². The lowest BCUT2D eigenvalue weighted by Gasteiger charge is -2.13. The Kier molecular flexibility index (Phi) is 2.51. The van der Waals surface area contributed by atoms with Crippen LogP contribution in [0.25, 0.3) is 0 Å². The van der Waals surface area contributed by atoms with Crippen LogP contribution in [-0.2, 0) is 19.3 Å². The first-order valence-electron chi connectivity index (χ1n) is 3.35. The Morgan fingerprint density at radius 1 is 1.09 bits per heavy atom. The minimum atomic E-state index is -2.92. The molecule has 1 aliphatic rings. The van der Waals surface area contributed by atoms with Crippen LogP contribution in [0.2, 0.25) is 0 Å². The molecule has 0 aromatic heterocycles. The van der Waals surface area contributed by atoms with E-state index in [0.717, 1.165) is 0 Å². The van der Waals surface area contributed by atoms with E-state index < -0.39 is 9.84 Å². The smallest absolute Gasteiger partial charge is 0.155 e. The van der Waals surface area contributed by atoms with Crippen molar-refractivity contribution in [2.24, 2.45) is 0 Å². The summed E-state index contributed by atoms with van der Waals surface area (Å²) in [6.07, 6.45) is -0.574. The van der Waals surface area contributed by atoms with E-state index in [1.165, 1.54) is 14.2 Å². The van der Waals surface area contributed by atoms with Gasteiger partial charge in [-0.05, 0) is 0 Å². The maximum Gasteiger partial charge on any atom is 0.155 e. The van der Waals surface area contributed by atoms with E-state index in [2.05, 4.69) is 0 Å².